The highest BCUT2D eigenvalue weighted by molar-refractivity contribution is 7.15. The van der Waals surface area contributed by atoms with Crippen LogP contribution < -0.4 is 5.32 Å². The Labute approximate surface area is 123 Å². The van der Waals surface area contributed by atoms with Gasteiger partial charge in [-0.3, -0.25) is 9.20 Å². The zero-order valence-corrected chi connectivity index (χ0v) is 13.4. The molecular formula is C14H22N4OS. The van der Waals surface area contributed by atoms with Gasteiger partial charge in [-0.15, -0.1) is 11.3 Å². The van der Waals surface area contributed by atoms with Gasteiger partial charge in [-0.25, -0.2) is 4.98 Å². The molecule has 0 aliphatic rings. The minimum absolute atomic E-state index is 0.149. The number of fused-ring (bicyclic) bond motifs is 1. The van der Waals surface area contributed by atoms with Crippen LogP contribution in [0.15, 0.2) is 5.38 Å². The van der Waals surface area contributed by atoms with Crippen LogP contribution in [0.25, 0.3) is 4.96 Å². The number of likely N-dealkylation sites (N-methyl/N-ethyl adjacent to an activating group) is 1. The Morgan fingerprint density at radius 3 is 2.75 bits per heavy atom. The summed E-state index contributed by atoms with van der Waals surface area (Å²) in [5.41, 5.74) is 3.37. The summed E-state index contributed by atoms with van der Waals surface area (Å²) in [4.78, 5) is 19.3. The molecule has 0 aromatic carbocycles. The van der Waals surface area contributed by atoms with Crippen molar-refractivity contribution in [3.05, 3.63) is 22.5 Å². The summed E-state index contributed by atoms with van der Waals surface area (Å²) in [5, 5.41) is 5.34. The first-order chi connectivity index (χ1) is 9.58. The van der Waals surface area contributed by atoms with Crippen LogP contribution in [0, 0.1) is 13.8 Å². The van der Waals surface area contributed by atoms with E-state index in [9.17, 15) is 4.79 Å². The molecule has 0 spiro atoms. The van der Waals surface area contributed by atoms with Crippen molar-refractivity contribution in [1.82, 2.24) is 19.6 Å². The number of aromatic nitrogens is 2. The number of carbonyl (C=O) groups excluding carboxylic acids is 1. The normalized spacial score (nSPS) is 11.2. The molecule has 1 amide bonds. The van der Waals surface area contributed by atoms with Crippen LogP contribution in [-0.4, -0.2) is 39.8 Å². The van der Waals surface area contributed by atoms with E-state index >= 15 is 0 Å². The molecule has 2 rings (SSSR count). The van der Waals surface area contributed by atoms with Gasteiger partial charge in [0.05, 0.1) is 17.9 Å². The molecule has 0 fully saturated rings. The van der Waals surface area contributed by atoms with Crippen molar-refractivity contribution in [2.24, 2.45) is 0 Å². The lowest BCUT2D eigenvalue weighted by molar-refractivity contribution is -0.129. The van der Waals surface area contributed by atoms with Gasteiger partial charge < -0.3 is 10.2 Å². The molecule has 0 aliphatic carbocycles. The second kappa shape index (κ2) is 6.37. The summed E-state index contributed by atoms with van der Waals surface area (Å²) in [5.74, 6) is 0.149. The van der Waals surface area contributed by atoms with E-state index < -0.39 is 0 Å². The van der Waals surface area contributed by atoms with E-state index in [1.807, 2.05) is 25.7 Å². The second-order valence-electron chi connectivity index (χ2n) is 4.81. The standard InChI is InChI=1S/C14H22N4OS/c1-5-17(6-2)13(19)8-15-7-12-11(4)16-14-18(12)10(3)9-20-14/h9,15H,5-8H2,1-4H3. The van der Waals surface area contributed by atoms with Crippen molar-refractivity contribution in [2.45, 2.75) is 34.2 Å². The summed E-state index contributed by atoms with van der Waals surface area (Å²) >= 11 is 1.65. The van der Waals surface area contributed by atoms with Gasteiger partial charge in [-0.05, 0) is 27.7 Å². The number of imidazole rings is 1. The van der Waals surface area contributed by atoms with Crippen molar-refractivity contribution in [3.63, 3.8) is 0 Å². The third-order valence-electron chi connectivity index (χ3n) is 3.51. The van der Waals surface area contributed by atoms with Gasteiger partial charge in [0.15, 0.2) is 4.96 Å². The Balaban J connectivity index is 2.01. The predicted octanol–water partition coefficient (Wildman–Crippen LogP) is 1.97. The number of nitrogens with one attached hydrogen (secondary N) is 1. The summed E-state index contributed by atoms with van der Waals surface area (Å²) in [6.45, 7) is 10.7. The van der Waals surface area contributed by atoms with Crippen molar-refractivity contribution < 1.29 is 4.79 Å². The number of hydrogen-bond acceptors (Lipinski definition) is 4. The van der Waals surface area contributed by atoms with Gasteiger partial charge in [-0.1, -0.05) is 0 Å². The number of aryl methyl sites for hydroxylation is 2. The molecule has 6 heteroatoms. The van der Waals surface area contributed by atoms with E-state index in [-0.39, 0.29) is 5.91 Å². The number of thiazole rings is 1. The summed E-state index contributed by atoms with van der Waals surface area (Å²) in [6, 6.07) is 0. The molecule has 0 aliphatic heterocycles. The van der Waals surface area contributed by atoms with Crippen molar-refractivity contribution >= 4 is 22.2 Å². The molecule has 0 bridgehead atoms. The monoisotopic (exact) mass is 294 g/mol. The van der Waals surface area contributed by atoms with E-state index in [4.69, 9.17) is 0 Å². The largest absolute Gasteiger partial charge is 0.342 e. The van der Waals surface area contributed by atoms with E-state index in [1.54, 1.807) is 11.3 Å². The molecule has 0 atom stereocenters. The summed E-state index contributed by atoms with van der Waals surface area (Å²) < 4.78 is 2.16. The Bertz CT molecular complexity index is 598. The minimum Gasteiger partial charge on any atom is -0.342 e. The van der Waals surface area contributed by atoms with E-state index in [1.165, 1.54) is 5.69 Å². The lowest BCUT2D eigenvalue weighted by Gasteiger charge is -2.18. The van der Waals surface area contributed by atoms with E-state index in [2.05, 4.69) is 27.0 Å². The average molecular weight is 294 g/mol. The number of rotatable bonds is 6. The first-order valence-corrected chi connectivity index (χ1v) is 7.86. The fourth-order valence-electron chi connectivity index (χ4n) is 2.35. The zero-order valence-electron chi connectivity index (χ0n) is 12.6. The maximum atomic E-state index is 11.9. The molecule has 2 heterocycles. The molecule has 1 N–H and O–H groups in total. The third-order valence-corrected chi connectivity index (χ3v) is 4.46. The first-order valence-electron chi connectivity index (χ1n) is 6.99. The van der Waals surface area contributed by atoms with Gasteiger partial charge in [0.2, 0.25) is 5.91 Å². The molecule has 0 radical (unpaired) electrons. The quantitative estimate of drug-likeness (QED) is 0.886. The molecule has 2 aromatic rings. The molecule has 20 heavy (non-hydrogen) atoms. The van der Waals surface area contributed by atoms with E-state index in [0.717, 1.165) is 29.4 Å². The molecule has 0 saturated carbocycles. The Kier molecular flexibility index (Phi) is 4.77. The van der Waals surface area contributed by atoms with Gasteiger partial charge in [0, 0.05) is 30.7 Å². The predicted molar refractivity (Wildman–Crippen MR) is 82.2 cm³/mol. The molecule has 5 nitrogen and oxygen atoms in total. The van der Waals surface area contributed by atoms with Gasteiger partial charge in [0.25, 0.3) is 0 Å². The van der Waals surface area contributed by atoms with Crippen LogP contribution >= 0.6 is 11.3 Å². The fraction of sp³-hybridized carbons (Fsp3) is 0.571. The molecular weight excluding hydrogens is 272 g/mol. The lowest BCUT2D eigenvalue weighted by atomic mass is 10.3. The van der Waals surface area contributed by atoms with E-state index in [0.29, 0.717) is 13.1 Å². The van der Waals surface area contributed by atoms with Crippen LogP contribution in [0.1, 0.15) is 30.9 Å². The van der Waals surface area contributed by atoms with Crippen LogP contribution in [0.3, 0.4) is 0 Å². The Morgan fingerprint density at radius 2 is 2.10 bits per heavy atom. The SMILES string of the molecule is CCN(CC)C(=O)CNCc1c(C)nc2scc(C)n12. The number of nitrogens with zero attached hydrogens (tertiary/aromatic N) is 3. The van der Waals surface area contributed by atoms with Gasteiger partial charge in [0.1, 0.15) is 0 Å². The highest BCUT2D eigenvalue weighted by Gasteiger charge is 2.13. The first kappa shape index (κ1) is 15.0. The van der Waals surface area contributed by atoms with Gasteiger partial charge >= 0.3 is 0 Å². The van der Waals surface area contributed by atoms with Crippen molar-refractivity contribution in [1.29, 1.82) is 0 Å². The number of carbonyl (C=O) groups is 1. The highest BCUT2D eigenvalue weighted by atomic mass is 32.1. The van der Waals surface area contributed by atoms with Gasteiger partial charge in [-0.2, -0.15) is 0 Å². The maximum absolute atomic E-state index is 11.9. The number of amides is 1. The van der Waals surface area contributed by atoms with Crippen LogP contribution in [0.4, 0.5) is 0 Å². The van der Waals surface area contributed by atoms with Crippen molar-refractivity contribution in [3.8, 4) is 0 Å². The lowest BCUT2D eigenvalue weighted by Crippen LogP contribution is -2.37. The summed E-state index contributed by atoms with van der Waals surface area (Å²) in [7, 11) is 0. The van der Waals surface area contributed by atoms with Crippen molar-refractivity contribution in [2.75, 3.05) is 19.6 Å². The maximum Gasteiger partial charge on any atom is 0.236 e. The fourth-order valence-corrected chi connectivity index (χ4v) is 3.28. The molecule has 110 valence electrons. The average Bonchev–Trinajstić information content (AvgIpc) is 2.92. The molecule has 0 saturated heterocycles. The van der Waals surface area contributed by atoms with Crippen LogP contribution in [-0.2, 0) is 11.3 Å². The third kappa shape index (κ3) is 2.86. The Morgan fingerprint density at radius 1 is 1.40 bits per heavy atom. The molecule has 0 unspecified atom stereocenters. The molecule has 2 aromatic heterocycles. The van der Waals surface area contributed by atoms with Crippen LogP contribution in [0.5, 0.6) is 0 Å². The minimum atomic E-state index is 0.149. The number of hydrogen-bond donors (Lipinski definition) is 1. The topological polar surface area (TPSA) is 49.6 Å². The zero-order chi connectivity index (χ0) is 14.7. The highest BCUT2D eigenvalue weighted by Crippen LogP contribution is 2.20. The smallest absolute Gasteiger partial charge is 0.236 e. The Hall–Kier alpha value is -1.40. The van der Waals surface area contributed by atoms with Crippen LogP contribution in [0.2, 0.25) is 0 Å². The summed E-state index contributed by atoms with van der Waals surface area (Å²) in [6.07, 6.45) is 0. The second-order valence-corrected chi connectivity index (χ2v) is 5.65.